The van der Waals surface area contributed by atoms with Crippen molar-refractivity contribution < 1.29 is 14.3 Å². The van der Waals surface area contributed by atoms with Gasteiger partial charge in [0.15, 0.2) is 0 Å². The van der Waals surface area contributed by atoms with Crippen molar-refractivity contribution in [2.24, 2.45) is 5.10 Å². The van der Waals surface area contributed by atoms with E-state index in [-0.39, 0.29) is 5.91 Å². The zero-order valence-electron chi connectivity index (χ0n) is 18.4. The minimum Gasteiger partial charge on any atom is -0.497 e. The Morgan fingerprint density at radius 3 is 2.03 bits per heavy atom. The molecule has 5 nitrogen and oxygen atoms in total. The minimum atomic E-state index is -0.258. The molecule has 0 aliphatic carbocycles. The van der Waals surface area contributed by atoms with Crippen LogP contribution in [0.3, 0.4) is 0 Å². The van der Waals surface area contributed by atoms with Crippen LogP contribution in [0.4, 0.5) is 0 Å². The van der Waals surface area contributed by atoms with Gasteiger partial charge in [0, 0.05) is 5.56 Å². The average molecular weight is 411 g/mol. The zero-order valence-corrected chi connectivity index (χ0v) is 18.4. The zero-order chi connectivity index (χ0) is 21.6. The van der Waals surface area contributed by atoms with E-state index in [9.17, 15) is 4.79 Å². The monoisotopic (exact) mass is 410 g/mol. The van der Waals surface area contributed by atoms with E-state index in [0.717, 1.165) is 30.1 Å². The number of carbonyl (C=O) groups excluding carboxylic acids is 1. The molecule has 0 saturated carbocycles. The molecule has 30 heavy (non-hydrogen) atoms. The first kappa shape index (κ1) is 23.5. The lowest BCUT2D eigenvalue weighted by atomic mass is 10.1. The molecule has 0 saturated heterocycles. The summed E-state index contributed by atoms with van der Waals surface area (Å²) in [6.45, 7) is 4.85. The number of benzene rings is 2. The average Bonchev–Trinajstić information content (AvgIpc) is 2.79. The van der Waals surface area contributed by atoms with E-state index in [4.69, 9.17) is 9.47 Å². The lowest BCUT2D eigenvalue weighted by molar-refractivity contribution is 0.0955. The number of nitrogens with one attached hydrogen (secondary N) is 1. The largest absolute Gasteiger partial charge is 0.497 e. The number of hydrazone groups is 1. The highest BCUT2D eigenvalue weighted by Gasteiger charge is 2.05. The number of nitrogens with zero attached hydrogens (tertiary/aromatic N) is 1. The van der Waals surface area contributed by atoms with Gasteiger partial charge in [-0.3, -0.25) is 4.79 Å². The summed E-state index contributed by atoms with van der Waals surface area (Å²) in [5.41, 5.74) is 4.79. The van der Waals surface area contributed by atoms with E-state index in [1.165, 1.54) is 38.5 Å². The molecule has 0 bridgehead atoms. The van der Waals surface area contributed by atoms with Crippen LogP contribution in [0.5, 0.6) is 11.5 Å². The van der Waals surface area contributed by atoms with Gasteiger partial charge in [-0.15, -0.1) is 0 Å². The summed E-state index contributed by atoms with van der Waals surface area (Å²) < 4.78 is 10.9. The maximum atomic E-state index is 12.2. The van der Waals surface area contributed by atoms with Gasteiger partial charge in [0.05, 0.1) is 19.4 Å². The molecule has 1 amide bonds. The number of carbonyl (C=O) groups is 1. The van der Waals surface area contributed by atoms with Crippen LogP contribution in [-0.4, -0.2) is 25.3 Å². The van der Waals surface area contributed by atoms with Crippen molar-refractivity contribution in [1.29, 1.82) is 0 Å². The van der Waals surface area contributed by atoms with E-state index in [0.29, 0.717) is 11.3 Å². The van der Waals surface area contributed by atoms with Gasteiger partial charge in [-0.2, -0.15) is 5.10 Å². The Bertz CT molecular complexity index is 783. The molecule has 0 aromatic heterocycles. The number of hydrogen-bond donors (Lipinski definition) is 1. The summed E-state index contributed by atoms with van der Waals surface area (Å²) in [4.78, 5) is 12.2. The summed E-state index contributed by atoms with van der Waals surface area (Å²) >= 11 is 0. The minimum absolute atomic E-state index is 0.258. The molecular weight excluding hydrogens is 376 g/mol. The van der Waals surface area contributed by atoms with E-state index in [1.807, 2.05) is 31.2 Å². The van der Waals surface area contributed by atoms with Crippen molar-refractivity contribution in [2.45, 2.75) is 58.8 Å². The van der Waals surface area contributed by atoms with Crippen molar-refractivity contribution in [3.8, 4) is 11.5 Å². The van der Waals surface area contributed by atoms with Crippen molar-refractivity contribution in [1.82, 2.24) is 5.43 Å². The molecule has 0 aliphatic heterocycles. The Morgan fingerprint density at radius 1 is 0.833 bits per heavy atom. The van der Waals surface area contributed by atoms with E-state index < -0.39 is 0 Å². The number of ether oxygens (including phenoxy) is 2. The van der Waals surface area contributed by atoms with Gasteiger partial charge in [-0.1, -0.05) is 45.4 Å². The predicted molar refractivity (Wildman–Crippen MR) is 123 cm³/mol. The van der Waals surface area contributed by atoms with Gasteiger partial charge < -0.3 is 9.47 Å². The van der Waals surface area contributed by atoms with Crippen molar-refractivity contribution >= 4 is 11.6 Å². The molecule has 2 aromatic rings. The SMILES string of the molecule is CCCCCCCCCOc1ccc(/C(C)=N/NC(=O)c2ccc(OC)cc2)cc1. The van der Waals surface area contributed by atoms with E-state index in [2.05, 4.69) is 17.5 Å². The van der Waals surface area contributed by atoms with Crippen molar-refractivity contribution in [2.75, 3.05) is 13.7 Å². The molecule has 0 fully saturated rings. The molecule has 0 spiro atoms. The summed E-state index contributed by atoms with van der Waals surface area (Å²) in [7, 11) is 1.59. The number of amides is 1. The summed E-state index contributed by atoms with van der Waals surface area (Å²) in [6, 6.07) is 14.7. The molecule has 5 heteroatoms. The van der Waals surface area contributed by atoms with Crippen LogP contribution in [0.1, 0.15) is 74.7 Å². The van der Waals surface area contributed by atoms with Gasteiger partial charge in [0.25, 0.3) is 5.91 Å². The second-order valence-electron chi connectivity index (χ2n) is 7.36. The van der Waals surface area contributed by atoms with E-state index in [1.54, 1.807) is 31.4 Å². The number of methoxy groups -OCH3 is 1. The van der Waals surface area contributed by atoms with Crippen LogP contribution in [0.25, 0.3) is 0 Å². The summed E-state index contributed by atoms with van der Waals surface area (Å²) in [5.74, 6) is 1.31. The molecule has 1 N–H and O–H groups in total. The first-order chi connectivity index (χ1) is 14.6. The second-order valence-corrected chi connectivity index (χ2v) is 7.36. The van der Waals surface area contributed by atoms with Gasteiger partial charge in [-0.05, 0) is 67.4 Å². The predicted octanol–water partition coefficient (Wildman–Crippen LogP) is 5.98. The van der Waals surface area contributed by atoms with Crippen LogP contribution < -0.4 is 14.9 Å². The summed E-state index contributed by atoms with van der Waals surface area (Å²) in [6.07, 6.45) is 8.92. The smallest absolute Gasteiger partial charge is 0.271 e. The maximum Gasteiger partial charge on any atom is 0.271 e. The number of unbranched alkanes of at least 4 members (excludes halogenated alkanes) is 6. The molecule has 0 atom stereocenters. The normalized spacial score (nSPS) is 11.2. The fourth-order valence-corrected chi connectivity index (χ4v) is 3.05. The Labute approximate surface area is 180 Å². The van der Waals surface area contributed by atoms with Crippen LogP contribution in [-0.2, 0) is 0 Å². The van der Waals surface area contributed by atoms with Crippen LogP contribution in [0.2, 0.25) is 0 Å². The van der Waals surface area contributed by atoms with Gasteiger partial charge in [0.2, 0.25) is 0 Å². The maximum absolute atomic E-state index is 12.2. The molecular formula is C25H34N2O3. The molecule has 2 rings (SSSR count). The molecule has 0 radical (unpaired) electrons. The molecule has 162 valence electrons. The van der Waals surface area contributed by atoms with Crippen LogP contribution in [0, 0.1) is 0 Å². The Hall–Kier alpha value is -2.82. The Morgan fingerprint density at radius 2 is 1.40 bits per heavy atom. The molecule has 0 aliphatic rings. The molecule has 0 heterocycles. The van der Waals surface area contributed by atoms with E-state index >= 15 is 0 Å². The van der Waals surface area contributed by atoms with Gasteiger partial charge >= 0.3 is 0 Å². The van der Waals surface area contributed by atoms with Gasteiger partial charge in [-0.25, -0.2) is 5.43 Å². The molecule has 2 aromatic carbocycles. The number of rotatable bonds is 13. The highest BCUT2D eigenvalue weighted by atomic mass is 16.5. The third-order valence-corrected chi connectivity index (χ3v) is 4.97. The topological polar surface area (TPSA) is 59.9 Å². The quantitative estimate of drug-likeness (QED) is 0.251. The lowest BCUT2D eigenvalue weighted by Crippen LogP contribution is -2.19. The second kappa shape index (κ2) is 13.4. The third kappa shape index (κ3) is 8.27. The van der Waals surface area contributed by atoms with Crippen molar-refractivity contribution in [3.05, 3.63) is 59.7 Å². The van der Waals surface area contributed by atoms with Crippen LogP contribution in [0.15, 0.2) is 53.6 Å². The standard InChI is InChI=1S/C25H34N2O3/c1-4-5-6-7-8-9-10-19-30-24-17-11-21(12-18-24)20(2)26-27-25(28)22-13-15-23(29-3)16-14-22/h11-18H,4-10,19H2,1-3H3,(H,27,28)/b26-20+. The highest BCUT2D eigenvalue weighted by molar-refractivity contribution is 6.00. The Kier molecular flexibility index (Phi) is 10.5. The van der Waals surface area contributed by atoms with Crippen LogP contribution >= 0.6 is 0 Å². The first-order valence-electron chi connectivity index (χ1n) is 10.9. The first-order valence-corrected chi connectivity index (χ1v) is 10.9. The highest BCUT2D eigenvalue weighted by Crippen LogP contribution is 2.15. The third-order valence-electron chi connectivity index (χ3n) is 4.97. The molecule has 0 unspecified atom stereocenters. The van der Waals surface area contributed by atoms with Gasteiger partial charge in [0.1, 0.15) is 11.5 Å². The summed E-state index contributed by atoms with van der Waals surface area (Å²) in [5, 5.41) is 4.21. The van der Waals surface area contributed by atoms with Crippen molar-refractivity contribution in [3.63, 3.8) is 0 Å². The Balaban J connectivity index is 1.74. The fraction of sp³-hybridized carbons (Fsp3) is 0.440. The number of hydrogen-bond acceptors (Lipinski definition) is 4. The fourth-order valence-electron chi connectivity index (χ4n) is 3.05. The lowest BCUT2D eigenvalue weighted by Gasteiger charge is -2.08.